The van der Waals surface area contributed by atoms with Crippen LogP contribution in [0.15, 0.2) is 40.9 Å². The van der Waals surface area contributed by atoms with Crippen molar-refractivity contribution in [2.75, 3.05) is 0 Å². The fourth-order valence-electron chi connectivity index (χ4n) is 3.51. The number of carboxylic acids is 1. The van der Waals surface area contributed by atoms with E-state index in [0.717, 1.165) is 38.5 Å². The minimum atomic E-state index is -0.843. The van der Waals surface area contributed by atoms with E-state index in [0.29, 0.717) is 5.92 Å². The van der Waals surface area contributed by atoms with E-state index in [1.165, 1.54) is 5.57 Å². The molecule has 0 aromatic heterocycles. The smallest absolute Gasteiger partial charge is 0.313 e. The molecule has 2 N–H and O–H groups in total. The van der Waals surface area contributed by atoms with E-state index in [-0.39, 0.29) is 0 Å². The van der Waals surface area contributed by atoms with E-state index in [1.807, 2.05) is 39.1 Å². The summed E-state index contributed by atoms with van der Waals surface area (Å²) in [4.78, 5) is 16.1. The molecule has 0 aliphatic heterocycles. The van der Waals surface area contributed by atoms with E-state index in [9.17, 15) is 15.0 Å². The van der Waals surface area contributed by atoms with Crippen molar-refractivity contribution in [1.82, 2.24) is 0 Å². The second-order valence-corrected chi connectivity index (χ2v) is 8.17. The largest absolute Gasteiger partial charge is 0.481 e. The van der Waals surface area contributed by atoms with Crippen LogP contribution < -0.4 is 0 Å². The highest BCUT2D eigenvalue weighted by molar-refractivity contribution is 5.81. The molecule has 0 amide bonds. The first kappa shape index (κ1) is 19.6. The molecule has 0 saturated heterocycles. The Morgan fingerprint density at radius 3 is 2.80 bits per heavy atom. The summed E-state index contributed by atoms with van der Waals surface area (Å²) in [5.41, 5.74) is -0.0853. The van der Waals surface area contributed by atoms with E-state index in [4.69, 9.17) is 0 Å². The van der Waals surface area contributed by atoms with Crippen LogP contribution in [0.3, 0.4) is 0 Å². The molecule has 0 bridgehead atoms. The van der Waals surface area contributed by atoms with E-state index >= 15 is 0 Å². The fraction of sp³-hybridized carbons (Fsp3) is 0.619. The Morgan fingerprint density at radius 2 is 2.20 bits per heavy atom. The maximum Gasteiger partial charge on any atom is 0.313 e. The zero-order valence-corrected chi connectivity index (χ0v) is 15.6. The average molecular weight is 345 g/mol. The molecule has 0 saturated carbocycles. The van der Waals surface area contributed by atoms with Crippen LogP contribution in [0.4, 0.5) is 0 Å². The first-order valence-electron chi connectivity index (χ1n) is 9.25. The Hall–Kier alpha value is -1.68. The molecule has 0 radical (unpaired) electrons. The van der Waals surface area contributed by atoms with Gasteiger partial charge in [-0.3, -0.25) is 9.79 Å². The molecule has 0 aromatic carbocycles. The van der Waals surface area contributed by atoms with Gasteiger partial charge >= 0.3 is 5.97 Å². The summed E-state index contributed by atoms with van der Waals surface area (Å²) < 4.78 is 0. The predicted octanol–water partition coefficient (Wildman–Crippen LogP) is 4.31. The van der Waals surface area contributed by atoms with Gasteiger partial charge in [0.2, 0.25) is 0 Å². The quantitative estimate of drug-likeness (QED) is 0.676. The van der Waals surface area contributed by atoms with Gasteiger partial charge in [0, 0.05) is 6.21 Å². The molecule has 2 rings (SSSR count). The lowest BCUT2D eigenvalue weighted by Crippen LogP contribution is -2.36. The van der Waals surface area contributed by atoms with Gasteiger partial charge in [0.1, 0.15) is 5.92 Å². The molecule has 0 fully saturated rings. The zero-order chi connectivity index (χ0) is 18.5. The topological polar surface area (TPSA) is 69.9 Å². The third-order valence-electron chi connectivity index (χ3n) is 5.21. The van der Waals surface area contributed by atoms with Gasteiger partial charge in [-0.15, -0.1) is 0 Å². The summed E-state index contributed by atoms with van der Waals surface area (Å²) in [6, 6.07) is 0. The van der Waals surface area contributed by atoms with Gasteiger partial charge in [0.25, 0.3) is 0 Å². The lowest BCUT2D eigenvalue weighted by molar-refractivity contribution is -0.141. The number of aliphatic hydroxyl groups is 1. The van der Waals surface area contributed by atoms with Gasteiger partial charge in [-0.25, -0.2) is 0 Å². The lowest BCUT2D eigenvalue weighted by Gasteiger charge is -2.29. The second kappa shape index (κ2) is 8.13. The van der Waals surface area contributed by atoms with Crippen LogP contribution in [0.2, 0.25) is 0 Å². The maximum absolute atomic E-state index is 11.4. The van der Waals surface area contributed by atoms with Crippen molar-refractivity contribution in [1.29, 1.82) is 0 Å². The SMILES string of the molecule is CC(C)(O)CCCC1CC=C(C=NC2(C)C=CC=CC2C(=O)O)CC1. The lowest BCUT2D eigenvalue weighted by atomic mass is 9.82. The van der Waals surface area contributed by atoms with Crippen molar-refractivity contribution in [2.24, 2.45) is 16.8 Å². The van der Waals surface area contributed by atoms with Crippen LogP contribution in [-0.2, 0) is 4.79 Å². The van der Waals surface area contributed by atoms with Gasteiger partial charge in [-0.05, 0) is 57.9 Å². The number of rotatable bonds is 7. The summed E-state index contributed by atoms with van der Waals surface area (Å²) in [5.74, 6) is -0.781. The molecule has 4 nitrogen and oxygen atoms in total. The summed E-state index contributed by atoms with van der Waals surface area (Å²) >= 11 is 0. The molecule has 0 spiro atoms. The van der Waals surface area contributed by atoms with Crippen molar-refractivity contribution >= 4 is 12.2 Å². The molecule has 0 heterocycles. The highest BCUT2D eigenvalue weighted by Gasteiger charge is 2.36. The molecule has 3 atom stereocenters. The number of carbonyl (C=O) groups is 1. The normalized spacial score (nSPS) is 29.8. The Morgan fingerprint density at radius 1 is 1.44 bits per heavy atom. The van der Waals surface area contributed by atoms with Crippen molar-refractivity contribution in [3.05, 3.63) is 36.0 Å². The number of hydrogen-bond donors (Lipinski definition) is 2. The third-order valence-corrected chi connectivity index (χ3v) is 5.21. The summed E-state index contributed by atoms with van der Waals surface area (Å²) in [7, 11) is 0. The third kappa shape index (κ3) is 5.96. The molecule has 138 valence electrons. The number of aliphatic imine (C=N–C) groups is 1. The summed E-state index contributed by atoms with van der Waals surface area (Å²) in [6.45, 7) is 5.59. The molecule has 2 aliphatic rings. The second-order valence-electron chi connectivity index (χ2n) is 8.17. The van der Waals surface area contributed by atoms with Gasteiger partial charge in [-0.2, -0.15) is 0 Å². The molecular weight excluding hydrogens is 314 g/mol. The van der Waals surface area contributed by atoms with E-state index < -0.39 is 23.0 Å². The van der Waals surface area contributed by atoms with Crippen LogP contribution >= 0.6 is 0 Å². The van der Waals surface area contributed by atoms with Crippen molar-refractivity contribution in [2.45, 2.75) is 70.4 Å². The highest BCUT2D eigenvalue weighted by atomic mass is 16.4. The number of nitrogens with zero attached hydrogens (tertiary/aromatic N) is 1. The summed E-state index contributed by atoms with van der Waals surface area (Å²) in [5, 5.41) is 19.2. The van der Waals surface area contributed by atoms with Crippen LogP contribution in [0.5, 0.6) is 0 Å². The molecule has 3 unspecified atom stereocenters. The highest BCUT2D eigenvalue weighted by Crippen LogP contribution is 2.31. The van der Waals surface area contributed by atoms with Gasteiger partial charge in [-0.1, -0.05) is 43.2 Å². The number of allylic oxidation sites excluding steroid dienone is 4. The van der Waals surface area contributed by atoms with Gasteiger partial charge in [0.15, 0.2) is 0 Å². The standard InChI is InChI=1S/C21H31NO3/c1-20(2,25)13-6-7-16-9-11-17(12-10-16)15-22-21(3)14-5-4-8-18(21)19(23)24/h4-5,8,11,14-16,18,25H,6-7,9-10,12-13H2,1-3H3,(H,23,24). The van der Waals surface area contributed by atoms with Crippen LogP contribution in [0, 0.1) is 11.8 Å². The summed E-state index contributed by atoms with van der Waals surface area (Å²) in [6.07, 6.45) is 17.5. The zero-order valence-electron chi connectivity index (χ0n) is 15.6. The number of aliphatic carboxylic acids is 1. The Kier molecular flexibility index (Phi) is 6.39. The van der Waals surface area contributed by atoms with Gasteiger partial charge in [0.05, 0.1) is 11.1 Å². The van der Waals surface area contributed by atoms with Gasteiger partial charge < -0.3 is 10.2 Å². The van der Waals surface area contributed by atoms with Crippen LogP contribution in [0.1, 0.15) is 59.3 Å². The number of carboxylic acid groups (broad SMARTS) is 1. The number of hydrogen-bond acceptors (Lipinski definition) is 3. The maximum atomic E-state index is 11.4. The molecule has 4 heteroatoms. The van der Waals surface area contributed by atoms with E-state index in [1.54, 1.807) is 12.2 Å². The first-order chi connectivity index (χ1) is 11.7. The Labute approximate surface area is 151 Å². The molecule has 2 aliphatic carbocycles. The average Bonchev–Trinajstić information content (AvgIpc) is 2.53. The molecular formula is C21H31NO3. The minimum absolute atomic E-state index is 0.569. The van der Waals surface area contributed by atoms with Crippen molar-refractivity contribution in [3.63, 3.8) is 0 Å². The van der Waals surface area contributed by atoms with Crippen LogP contribution in [-0.4, -0.2) is 33.5 Å². The van der Waals surface area contributed by atoms with Crippen molar-refractivity contribution < 1.29 is 15.0 Å². The Balaban J connectivity index is 1.89. The predicted molar refractivity (Wildman–Crippen MR) is 102 cm³/mol. The van der Waals surface area contributed by atoms with Crippen molar-refractivity contribution in [3.8, 4) is 0 Å². The molecule has 0 aromatic rings. The molecule has 25 heavy (non-hydrogen) atoms. The monoisotopic (exact) mass is 345 g/mol. The minimum Gasteiger partial charge on any atom is -0.481 e. The van der Waals surface area contributed by atoms with E-state index in [2.05, 4.69) is 11.1 Å². The first-order valence-corrected chi connectivity index (χ1v) is 9.25. The van der Waals surface area contributed by atoms with Crippen LogP contribution in [0.25, 0.3) is 0 Å². The Bertz CT molecular complexity index is 595. The fourth-order valence-corrected chi connectivity index (χ4v) is 3.51.